The monoisotopic (exact) mass is 397 g/mol. The second kappa shape index (κ2) is 9.93. The van der Waals surface area contributed by atoms with Crippen LogP contribution in [0.4, 0.5) is 0 Å². The summed E-state index contributed by atoms with van der Waals surface area (Å²) in [4.78, 5) is 0. The van der Waals surface area contributed by atoms with E-state index in [1.54, 1.807) is 7.11 Å². The summed E-state index contributed by atoms with van der Waals surface area (Å²) in [6, 6.07) is 13.8. The van der Waals surface area contributed by atoms with Gasteiger partial charge in [-0.15, -0.1) is 0 Å². The molecule has 0 spiro atoms. The van der Waals surface area contributed by atoms with Gasteiger partial charge in [0.05, 0.1) is 0 Å². The van der Waals surface area contributed by atoms with E-state index >= 15 is 0 Å². The molecule has 0 bridgehead atoms. The van der Waals surface area contributed by atoms with Crippen LogP contribution in [0.1, 0.15) is 17.5 Å². The van der Waals surface area contributed by atoms with Crippen LogP contribution in [-0.4, -0.2) is 20.3 Å². The average Bonchev–Trinajstić information content (AvgIpc) is 2.55. The summed E-state index contributed by atoms with van der Waals surface area (Å²) < 4.78 is 12.1. The van der Waals surface area contributed by atoms with Crippen LogP contribution in [0, 0.1) is 0 Å². The van der Waals surface area contributed by atoms with Crippen molar-refractivity contribution in [1.82, 2.24) is 5.32 Å². The molecule has 0 saturated carbocycles. The first-order valence-electron chi connectivity index (χ1n) is 7.54. The Morgan fingerprint density at radius 2 is 1.91 bits per heavy atom. The number of hydrogen-bond acceptors (Lipinski definition) is 3. The van der Waals surface area contributed by atoms with Crippen molar-refractivity contribution in [2.75, 3.05) is 20.3 Å². The molecule has 0 aliphatic rings. The van der Waals surface area contributed by atoms with Crippen molar-refractivity contribution < 1.29 is 9.47 Å². The predicted octanol–water partition coefficient (Wildman–Crippen LogP) is 4.81. The molecule has 2 aromatic rings. The van der Waals surface area contributed by atoms with Gasteiger partial charge in [-0.2, -0.15) is 0 Å². The molecule has 0 heterocycles. The zero-order valence-corrected chi connectivity index (χ0v) is 15.5. The third kappa shape index (κ3) is 6.51. The lowest BCUT2D eigenvalue weighted by atomic mass is 10.2. The number of ether oxygens (including phenoxy) is 2. The molecule has 23 heavy (non-hydrogen) atoms. The molecular weight excluding hydrogens is 378 g/mol. The summed E-state index contributed by atoms with van der Waals surface area (Å²) in [5.41, 5.74) is 2.22. The molecule has 1 N–H and O–H groups in total. The summed E-state index contributed by atoms with van der Waals surface area (Å²) >= 11 is 9.42. The SMILES string of the molecule is COCCCNCc1cc(Br)ccc1OCc1ccc(Cl)cc1. The van der Waals surface area contributed by atoms with E-state index in [2.05, 4.69) is 27.3 Å². The molecule has 0 atom stereocenters. The molecule has 0 aliphatic carbocycles. The highest BCUT2D eigenvalue weighted by atomic mass is 79.9. The summed E-state index contributed by atoms with van der Waals surface area (Å²) in [6.45, 7) is 2.97. The Morgan fingerprint density at radius 3 is 2.65 bits per heavy atom. The fraction of sp³-hybridized carbons (Fsp3) is 0.333. The Morgan fingerprint density at radius 1 is 1.13 bits per heavy atom. The zero-order chi connectivity index (χ0) is 16.5. The lowest BCUT2D eigenvalue weighted by molar-refractivity contribution is 0.194. The topological polar surface area (TPSA) is 30.5 Å². The van der Waals surface area contributed by atoms with E-state index in [1.807, 2.05) is 36.4 Å². The quantitative estimate of drug-likeness (QED) is 0.615. The van der Waals surface area contributed by atoms with Gasteiger partial charge < -0.3 is 14.8 Å². The van der Waals surface area contributed by atoms with Crippen molar-refractivity contribution in [3.63, 3.8) is 0 Å². The number of rotatable bonds is 9. The Bertz CT molecular complexity index is 604. The molecule has 3 nitrogen and oxygen atoms in total. The van der Waals surface area contributed by atoms with Crippen LogP contribution in [-0.2, 0) is 17.9 Å². The van der Waals surface area contributed by atoms with E-state index in [1.165, 1.54) is 0 Å². The van der Waals surface area contributed by atoms with Crippen molar-refractivity contribution in [3.8, 4) is 5.75 Å². The van der Waals surface area contributed by atoms with Gasteiger partial charge in [0.25, 0.3) is 0 Å². The molecule has 124 valence electrons. The van der Waals surface area contributed by atoms with E-state index in [0.29, 0.717) is 6.61 Å². The first-order chi connectivity index (χ1) is 11.2. The summed E-state index contributed by atoms with van der Waals surface area (Å²) in [6.07, 6.45) is 0.992. The normalized spacial score (nSPS) is 10.7. The molecule has 2 aromatic carbocycles. The Labute approximate surface area is 151 Å². The molecule has 0 radical (unpaired) electrons. The average molecular weight is 399 g/mol. The molecule has 0 fully saturated rings. The van der Waals surface area contributed by atoms with Gasteiger partial charge in [-0.3, -0.25) is 0 Å². The summed E-state index contributed by atoms with van der Waals surface area (Å²) in [7, 11) is 1.72. The highest BCUT2D eigenvalue weighted by Crippen LogP contribution is 2.24. The van der Waals surface area contributed by atoms with Gasteiger partial charge >= 0.3 is 0 Å². The van der Waals surface area contributed by atoms with E-state index in [9.17, 15) is 0 Å². The first kappa shape index (κ1) is 18.3. The van der Waals surface area contributed by atoms with Crippen LogP contribution >= 0.6 is 27.5 Å². The van der Waals surface area contributed by atoms with Gasteiger partial charge in [0.2, 0.25) is 0 Å². The van der Waals surface area contributed by atoms with Crippen LogP contribution in [0.5, 0.6) is 5.75 Å². The van der Waals surface area contributed by atoms with Crippen molar-refractivity contribution in [2.45, 2.75) is 19.6 Å². The van der Waals surface area contributed by atoms with E-state index in [4.69, 9.17) is 21.1 Å². The highest BCUT2D eigenvalue weighted by Gasteiger charge is 2.05. The summed E-state index contributed by atoms with van der Waals surface area (Å²) in [5, 5.41) is 4.15. The molecule has 0 aliphatic heterocycles. The van der Waals surface area contributed by atoms with Crippen LogP contribution < -0.4 is 10.1 Å². The number of nitrogens with one attached hydrogen (secondary N) is 1. The maximum atomic E-state index is 5.97. The smallest absolute Gasteiger partial charge is 0.124 e. The minimum absolute atomic E-state index is 0.523. The van der Waals surface area contributed by atoms with Gasteiger partial charge in [-0.05, 0) is 48.9 Å². The zero-order valence-electron chi connectivity index (χ0n) is 13.1. The van der Waals surface area contributed by atoms with Crippen LogP contribution in [0.15, 0.2) is 46.9 Å². The van der Waals surface area contributed by atoms with Crippen LogP contribution in [0.25, 0.3) is 0 Å². The number of hydrogen-bond donors (Lipinski definition) is 1. The first-order valence-corrected chi connectivity index (χ1v) is 8.71. The van der Waals surface area contributed by atoms with Crippen molar-refractivity contribution in [2.24, 2.45) is 0 Å². The third-order valence-electron chi connectivity index (χ3n) is 3.35. The lowest BCUT2D eigenvalue weighted by Gasteiger charge is -2.13. The Kier molecular flexibility index (Phi) is 7.89. The van der Waals surface area contributed by atoms with Gasteiger partial charge in [-0.25, -0.2) is 0 Å². The minimum atomic E-state index is 0.523. The second-order valence-corrected chi connectivity index (χ2v) is 6.54. The van der Waals surface area contributed by atoms with Crippen molar-refractivity contribution in [1.29, 1.82) is 0 Å². The molecule has 5 heteroatoms. The molecule has 0 saturated heterocycles. The predicted molar refractivity (Wildman–Crippen MR) is 98.1 cm³/mol. The Balaban J connectivity index is 1.93. The maximum absolute atomic E-state index is 5.97. The van der Waals surface area contributed by atoms with Gasteiger partial charge in [0.15, 0.2) is 0 Å². The van der Waals surface area contributed by atoms with Crippen molar-refractivity contribution >= 4 is 27.5 Å². The van der Waals surface area contributed by atoms with E-state index in [-0.39, 0.29) is 0 Å². The van der Waals surface area contributed by atoms with Crippen molar-refractivity contribution in [3.05, 3.63) is 63.1 Å². The van der Waals surface area contributed by atoms with Crippen LogP contribution in [0.2, 0.25) is 5.02 Å². The van der Waals surface area contributed by atoms with Gasteiger partial charge in [0.1, 0.15) is 12.4 Å². The molecule has 0 unspecified atom stereocenters. The van der Waals surface area contributed by atoms with Gasteiger partial charge in [-0.1, -0.05) is 39.7 Å². The molecule has 0 amide bonds. The standard InChI is InChI=1S/C18H21BrClNO2/c1-22-10-2-9-21-12-15-11-16(19)5-8-18(15)23-13-14-3-6-17(20)7-4-14/h3-8,11,21H,2,9-10,12-13H2,1H3. The summed E-state index contributed by atoms with van der Waals surface area (Å²) in [5.74, 6) is 0.891. The minimum Gasteiger partial charge on any atom is -0.489 e. The number of benzene rings is 2. The second-order valence-electron chi connectivity index (χ2n) is 5.19. The fourth-order valence-corrected chi connectivity index (χ4v) is 2.67. The van der Waals surface area contributed by atoms with E-state index in [0.717, 1.165) is 52.5 Å². The van der Waals surface area contributed by atoms with Gasteiger partial charge in [0, 0.05) is 35.3 Å². The number of halogens is 2. The molecule has 0 aromatic heterocycles. The fourth-order valence-electron chi connectivity index (χ4n) is 2.13. The molecule has 2 rings (SSSR count). The highest BCUT2D eigenvalue weighted by molar-refractivity contribution is 9.10. The van der Waals surface area contributed by atoms with E-state index < -0.39 is 0 Å². The maximum Gasteiger partial charge on any atom is 0.124 e. The molecular formula is C18H21BrClNO2. The van der Waals surface area contributed by atoms with Crippen LogP contribution in [0.3, 0.4) is 0 Å². The lowest BCUT2D eigenvalue weighted by Crippen LogP contribution is -2.16. The largest absolute Gasteiger partial charge is 0.489 e. The Hall–Kier alpha value is -1.07. The third-order valence-corrected chi connectivity index (χ3v) is 4.09. The number of methoxy groups -OCH3 is 1.